The molecule has 4 rings (SSSR count). The van der Waals surface area contributed by atoms with Crippen molar-refractivity contribution < 1.29 is 17.5 Å². The summed E-state index contributed by atoms with van der Waals surface area (Å²) >= 11 is 0. The molecule has 2 aromatic carbocycles. The van der Waals surface area contributed by atoms with Gasteiger partial charge in [-0.2, -0.15) is 0 Å². The van der Waals surface area contributed by atoms with Crippen molar-refractivity contribution in [2.24, 2.45) is 5.92 Å². The van der Waals surface area contributed by atoms with Crippen molar-refractivity contribution in [3.05, 3.63) is 59.9 Å². The Morgan fingerprint density at radius 1 is 1.07 bits per heavy atom. The van der Waals surface area contributed by atoms with Crippen molar-refractivity contribution in [3.8, 4) is 5.75 Å². The van der Waals surface area contributed by atoms with E-state index in [4.69, 9.17) is 4.74 Å². The maximum Gasteiger partial charge on any atom is 0.261 e. The second kappa shape index (κ2) is 7.32. The molecule has 5 nitrogen and oxygen atoms in total. The van der Waals surface area contributed by atoms with Gasteiger partial charge < -0.3 is 10.1 Å². The van der Waals surface area contributed by atoms with Gasteiger partial charge in [-0.15, -0.1) is 0 Å². The van der Waals surface area contributed by atoms with Crippen LogP contribution in [0.5, 0.6) is 5.75 Å². The number of fused-ring (bicyclic) bond motifs is 1. The number of benzene rings is 2. The lowest BCUT2D eigenvalue weighted by molar-refractivity contribution is 0.351. The van der Waals surface area contributed by atoms with E-state index in [1.807, 2.05) is 6.07 Å². The van der Waals surface area contributed by atoms with Crippen LogP contribution in [0.25, 0.3) is 5.57 Å². The highest BCUT2D eigenvalue weighted by molar-refractivity contribution is 7.92. The fourth-order valence-electron chi connectivity index (χ4n) is 3.62. The molecule has 0 radical (unpaired) electrons. The van der Waals surface area contributed by atoms with Crippen molar-refractivity contribution in [1.82, 2.24) is 5.32 Å². The molecule has 27 heavy (non-hydrogen) atoms. The largest absolute Gasteiger partial charge is 0.489 e. The third-order valence-electron chi connectivity index (χ3n) is 4.99. The van der Waals surface area contributed by atoms with E-state index in [9.17, 15) is 12.8 Å². The van der Waals surface area contributed by atoms with Crippen LogP contribution < -0.4 is 14.8 Å². The summed E-state index contributed by atoms with van der Waals surface area (Å²) < 4.78 is 46.5. The van der Waals surface area contributed by atoms with Crippen LogP contribution in [-0.4, -0.2) is 28.1 Å². The van der Waals surface area contributed by atoms with Gasteiger partial charge in [-0.25, -0.2) is 12.8 Å². The standard InChI is InChI=1S/C20H21FN2O3S/c21-15-1-4-17(5-2-15)27(24,25)23-16-3-6-20-19(13-16)18(9-12-26-20)14-7-10-22-11-8-14/h1-6,9,13-14,22-23H,7-8,10-12H2. The highest BCUT2D eigenvalue weighted by atomic mass is 32.2. The van der Waals surface area contributed by atoms with Gasteiger partial charge >= 0.3 is 0 Å². The SMILES string of the molecule is O=S(=O)(Nc1ccc2c(c1)C(C1CCNCC1)=CCO2)c1ccc(F)cc1. The zero-order valence-electron chi connectivity index (χ0n) is 14.7. The van der Waals surface area contributed by atoms with Crippen LogP contribution >= 0.6 is 0 Å². The number of halogens is 1. The number of hydrogen-bond donors (Lipinski definition) is 2. The molecule has 1 fully saturated rings. The average Bonchev–Trinajstić information content (AvgIpc) is 2.68. The molecule has 2 aliphatic rings. The van der Waals surface area contributed by atoms with Crippen LogP contribution in [0.15, 0.2) is 53.4 Å². The highest BCUT2D eigenvalue weighted by Gasteiger charge is 2.24. The van der Waals surface area contributed by atoms with Gasteiger partial charge in [0, 0.05) is 11.3 Å². The summed E-state index contributed by atoms with van der Waals surface area (Å²) in [5.74, 6) is 0.741. The van der Waals surface area contributed by atoms with Crippen molar-refractivity contribution in [3.63, 3.8) is 0 Å². The first-order valence-electron chi connectivity index (χ1n) is 8.99. The van der Waals surface area contributed by atoms with Gasteiger partial charge in [0.25, 0.3) is 10.0 Å². The van der Waals surface area contributed by atoms with Crippen LogP contribution in [0, 0.1) is 11.7 Å². The third-order valence-corrected chi connectivity index (χ3v) is 6.38. The summed E-state index contributed by atoms with van der Waals surface area (Å²) in [6, 6.07) is 10.1. The smallest absolute Gasteiger partial charge is 0.261 e. The molecule has 0 bridgehead atoms. The Morgan fingerprint density at radius 2 is 1.81 bits per heavy atom. The quantitative estimate of drug-likeness (QED) is 0.842. The maximum absolute atomic E-state index is 13.1. The van der Waals surface area contributed by atoms with Crippen LogP contribution in [-0.2, 0) is 10.0 Å². The van der Waals surface area contributed by atoms with Gasteiger partial charge in [-0.3, -0.25) is 4.72 Å². The lowest BCUT2D eigenvalue weighted by atomic mass is 9.84. The molecule has 0 amide bonds. The van der Waals surface area contributed by atoms with Crippen LogP contribution in [0.4, 0.5) is 10.1 Å². The molecule has 2 N–H and O–H groups in total. The van der Waals surface area contributed by atoms with E-state index >= 15 is 0 Å². The summed E-state index contributed by atoms with van der Waals surface area (Å²) in [7, 11) is -3.79. The Morgan fingerprint density at radius 3 is 2.56 bits per heavy atom. The summed E-state index contributed by atoms with van der Waals surface area (Å²) in [4.78, 5) is 0.0204. The Hall–Kier alpha value is -2.38. The first-order valence-corrected chi connectivity index (χ1v) is 10.5. The Kier molecular flexibility index (Phi) is 4.88. The van der Waals surface area contributed by atoms with Crippen LogP contribution in [0.1, 0.15) is 18.4 Å². The molecule has 7 heteroatoms. The second-order valence-electron chi connectivity index (χ2n) is 6.77. The Bertz CT molecular complexity index is 965. The van der Waals surface area contributed by atoms with Crippen molar-refractivity contribution >= 4 is 21.3 Å². The van der Waals surface area contributed by atoms with E-state index < -0.39 is 15.8 Å². The molecule has 2 aromatic rings. The number of sulfonamides is 1. The van der Waals surface area contributed by atoms with E-state index in [1.165, 1.54) is 17.7 Å². The summed E-state index contributed by atoms with van der Waals surface area (Å²) in [5, 5.41) is 3.37. The summed E-state index contributed by atoms with van der Waals surface area (Å²) in [5.41, 5.74) is 2.62. The molecule has 0 unspecified atom stereocenters. The normalized spacial score (nSPS) is 17.6. The zero-order chi connectivity index (χ0) is 18.9. The molecular formula is C20H21FN2O3S. The van der Waals surface area contributed by atoms with Gasteiger partial charge in [0.1, 0.15) is 18.2 Å². The van der Waals surface area contributed by atoms with E-state index in [0.29, 0.717) is 18.2 Å². The van der Waals surface area contributed by atoms with E-state index in [0.717, 1.165) is 49.4 Å². The summed E-state index contributed by atoms with van der Waals surface area (Å²) in [6.07, 6.45) is 4.20. The number of hydrogen-bond acceptors (Lipinski definition) is 4. The van der Waals surface area contributed by atoms with Gasteiger partial charge in [-0.1, -0.05) is 0 Å². The molecule has 0 saturated carbocycles. The number of anilines is 1. The van der Waals surface area contributed by atoms with E-state index in [-0.39, 0.29) is 4.90 Å². The summed E-state index contributed by atoms with van der Waals surface area (Å²) in [6.45, 7) is 2.50. The number of ether oxygens (including phenoxy) is 1. The minimum atomic E-state index is -3.79. The Labute approximate surface area is 158 Å². The molecule has 1 saturated heterocycles. The molecular weight excluding hydrogens is 367 g/mol. The van der Waals surface area contributed by atoms with Gasteiger partial charge in [0.05, 0.1) is 4.90 Å². The van der Waals surface area contributed by atoms with Gasteiger partial charge in [0.15, 0.2) is 0 Å². The first-order chi connectivity index (χ1) is 13.0. The molecule has 0 aromatic heterocycles. The molecule has 2 aliphatic heterocycles. The lowest BCUT2D eigenvalue weighted by Crippen LogP contribution is -2.29. The zero-order valence-corrected chi connectivity index (χ0v) is 15.6. The lowest BCUT2D eigenvalue weighted by Gasteiger charge is -2.29. The highest BCUT2D eigenvalue weighted by Crippen LogP contribution is 2.39. The topological polar surface area (TPSA) is 67.4 Å². The fraction of sp³-hybridized carbons (Fsp3) is 0.300. The van der Waals surface area contributed by atoms with Gasteiger partial charge in [0.2, 0.25) is 0 Å². The predicted octanol–water partition coefficient (Wildman–Crippen LogP) is 3.40. The second-order valence-corrected chi connectivity index (χ2v) is 8.45. The van der Waals surface area contributed by atoms with E-state index in [2.05, 4.69) is 16.1 Å². The average molecular weight is 388 g/mol. The monoisotopic (exact) mass is 388 g/mol. The van der Waals surface area contributed by atoms with Gasteiger partial charge in [-0.05, 0) is 86.0 Å². The number of allylic oxidation sites excluding steroid dienone is 1. The Balaban J connectivity index is 1.62. The predicted molar refractivity (Wildman–Crippen MR) is 103 cm³/mol. The minimum absolute atomic E-state index is 0.0204. The molecule has 0 atom stereocenters. The molecule has 142 valence electrons. The molecule has 0 aliphatic carbocycles. The van der Waals surface area contributed by atoms with Crippen LogP contribution in [0.3, 0.4) is 0 Å². The van der Waals surface area contributed by atoms with Crippen LogP contribution in [0.2, 0.25) is 0 Å². The molecule has 0 spiro atoms. The number of piperidine rings is 1. The van der Waals surface area contributed by atoms with Crippen molar-refractivity contribution in [2.75, 3.05) is 24.4 Å². The number of nitrogens with one attached hydrogen (secondary N) is 2. The minimum Gasteiger partial charge on any atom is -0.489 e. The van der Waals surface area contributed by atoms with Crippen molar-refractivity contribution in [1.29, 1.82) is 0 Å². The van der Waals surface area contributed by atoms with Crippen molar-refractivity contribution in [2.45, 2.75) is 17.7 Å². The number of rotatable bonds is 4. The molecule has 2 heterocycles. The maximum atomic E-state index is 13.1. The fourth-order valence-corrected chi connectivity index (χ4v) is 4.67. The third kappa shape index (κ3) is 3.84. The first kappa shape index (κ1) is 18.0. The van der Waals surface area contributed by atoms with E-state index in [1.54, 1.807) is 12.1 Å².